The van der Waals surface area contributed by atoms with Gasteiger partial charge in [-0.25, -0.2) is 4.57 Å². The fourth-order valence-corrected chi connectivity index (χ4v) is 0. The van der Waals surface area contributed by atoms with Gasteiger partial charge < -0.3 is 20.4 Å². The second kappa shape index (κ2) is 19.0. The molecule has 0 radical (unpaired) electrons. The van der Waals surface area contributed by atoms with E-state index in [1.54, 1.807) is 0 Å². The zero-order chi connectivity index (χ0) is 4.50. The van der Waals surface area contributed by atoms with Crippen molar-refractivity contribution in [1.29, 1.82) is 0 Å². The topological polar surface area (TPSA) is 77.8 Å². The van der Waals surface area contributed by atoms with Gasteiger partial charge in [-0.1, -0.05) is 0 Å². The van der Waals surface area contributed by atoms with Crippen molar-refractivity contribution in [2.45, 2.75) is 0 Å². The molecule has 0 aromatic heterocycles. The van der Waals surface area contributed by atoms with Crippen LogP contribution in [0.15, 0.2) is 0 Å². The molecule has 0 rings (SSSR count). The van der Waals surface area contributed by atoms with Crippen LogP contribution in [-0.4, -0.2) is 14.7 Å². The van der Waals surface area contributed by atoms with Crippen molar-refractivity contribution >= 4 is 20.2 Å². The first-order valence-electron chi connectivity index (χ1n) is 0.783. The molecule has 4 nitrogen and oxygen atoms in total. The normalized spacial score (nSPS) is 5.90. The molecule has 0 amide bonds. The van der Waals surface area contributed by atoms with Crippen molar-refractivity contribution in [2.24, 2.45) is 0 Å². The van der Waals surface area contributed by atoms with E-state index < -0.39 is 7.82 Å². The molecule has 0 aliphatic rings. The predicted molar refractivity (Wildman–Crippen MR) is 26.0 cm³/mol. The Morgan fingerprint density at radius 3 is 0.900 bits per heavy atom. The molecule has 0 heterocycles. The van der Waals surface area contributed by atoms with E-state index in [1.165, 1.54) is 0 Å². The van der Waals surface area contributed by atoms with Crippen LogP contribution >= 0.6 is 20.2 Å². The zero-order valence-electron chi connectivity index (χ0n) is 10.6. The summed E-state index contributed by atoms with van der Waals surface area (Å²) < 4.78 is 8.88. The fraction of sp³-hybridized carbons (Fsp3) is 0. The van der Waals surface area contributed by atoms with E-state index in [4.69, 9.17) is 19.2 Å². The average Bonchev–Trinajstić information content (AvgIpc) is 0.722. The Morgan fingerprint density at radius 2 is 0.900 bits per heavy atom. The van der Waals surface area contributed by atoms with E-state index in [1.807, 2.05) is 0 Å². The van der Waals surface area contributed by atoms with Gasteiger partial charge in [-0.15, -0.1) is 12.4 Å². The van der Waals surface area contributed by atoms with Crippen LogP contribution in [0.25, 0.3) is 0 Å². The Labute approximate surface area is 160 Å². The molecular formula is H8ClNa4O4P. The Balaban J connectivity index is -0.00000000222. The van der Waals surface area contributed by atoms with Crippen LogP contribution in [-0.2, 0) is 4.57 Å². The summed E-state index contributed by atoms with van der Waals surface area (Å²) >= 11 is 0. The standard InChI is InChI=1S/ClH.4Na.H3O4P.4H/c;;;;;1-5(2,3)4;;;;/h1H;;;;;(H3,1,2,3,4);;;;/q;4*+1;;4*-1. The van der Waals surface area contributed by atoms with Crippen LogP contribution in [0, 0.1) is 0 Å². The van der Waals surface area contributed by atoms with Gasteiger partial charge in [0.15, 0.2) is 0 Å². The Bertz CT molecular complexity index is 75.5. The molecule has 0 unspecified atom stereocenters. The van der Waals surface area contributed by atoms with Gasteiger partial charge in [-0.2, -0.15) is 0 Å². The largest absolute Gasteiger partial charge is 1.00 e. The van der Waals surface area contributed by atoms with Crippen molar-refractivity contribution in [3.05, 3.63) is 0 Å². The summed E-state index contributed by atoms with van der Waals surface area (Å²) in [5.41, 5.74) is 0. The second-order valence-corrected chi connectivity index (χ2v) is 1.54. The molecule has 0 atom stereocenters. The van der Waals surface area contributed by atoms with Gasteiger partial charge in [0.1, 0.15) is 0 Å². The molecule has 3 N–H and O–H groups in total. The van der Waals surface area contributed by atoms with Crippen LogP contribution in [0.1, 0.15) is 5.71 Å². The van der Waals surface area contributed by atoms with Gasteiger partial charge in [-0.3, -0.25) is 0 Å². The fourth-order valence-electron chi connectivity index (χ4n) is 0. The van der Waals surface area contributed by atoms with Crippen LogP contribution in [0.3, 0.4) is 0 Å². The van der Waals surface area contributed by atoms with Crippen LogP contribution in [0.2, 0.25) is 0 Å². The molecular weight excluding hydrogens is 222 g/mol. The van der Waals surface area contributed by atoms with E-state index in [-0.39, 0.29) is 136 Å². The molecule has 0 aliphatic carbocycles. The number of hydrogen-bond donors (Lipinski definition) is 3. The third-order valence-electron chi connectivity index (χ3n) is 0. The van der Waals surface area contributed by atoms with Crippen molar-refractivity contribution in [1.82, 2.24) is 0 Å². The second-order valence-electron chi connectivity index (χ2n) is 0.513. The van der Waals surface area contributed by atoms with Crippen LogP contribution in [0.4, 0.5) is 0 Å². The van der Waals surface area contributed by atoms with Crippen molar-refractivity contribution in [2.75, 3.05) is 0 Å². The Kier molecular flexibility index (Phi) is 69.8. The first kappa shape index (κ1) is 36.6. The number of rotatable bonds is 0. The van der Waals surface area contributed by atoms with E-state index in [0.717, 1.165) is 0 Å². The van der Waals surface area contributed by atoms with Crippen LogP contribution < -0.4 is 118 Å². The summed E-state index contributed by atoms with van der Waals surface area (Å²) in [6.45, 7) is 0. The minimum Gasteiger partial charge on any atom is -1.00 e. The average molecular weight is 230 g/mol. The first-order valence-corrected chi connectivity index (χ1v) is 2.35. The summed E-state index contributed by atoms with van der Waals surface area (Å²) in [4.78, 5) is 21.6. The van der Waals surface area contributed by atoms with E-state index in [9.17, 15) is 0 Å². The molecule has 0 aliphatic heterocycles. The number of phosphoric acid groups is 1. The van der Waals surface area contributed by atoms with Gasteiger partial charge >= 0.3 is 126 Å². The van der Waals surface area contributed by atoms with Gasteiger partial charge in [0.25, 0.3) is 0 Å². The third-order valence-corrected chi connectivity index (χ3v) is 0. The summed E-state index contributed by atoms with van der Waals surface area (Å²) in [6, 6.07) is 0. The molecule has 10 heteroatoms. The molecule has 0 saturated heterocycles. The quantitative estimate of drug-likeness (QED) is 0.285. The van der Waals surface area contributed by atoms with Crippen molar-refractivity contribution < 1.29 is 143 Å². The van der Waals surface area contributed by atoms with Crippen molar-refractivity contribution in [3.8, 4) is 0 Å². The molecule has 0 spiro atoms. The van der Waals surface area contributed by atoms with Crippen molar-refractivity contribution in [3.63, 3.8) is 0 Å². The molecule has 0 saturated carbocycles. The maximum Gasteiger partial charge on any atom is 1.00 e. The van der Waals surface area contributed by atoms with E-state index in [2.05, 4.69) is 0 Å². The Hall–Kier alpha value is 4.40. The van der Waals surface area contributed by atoms with Crippen LogP contribution in [0.5, 0.6) is 0 Å². The predicted octanol–water partition coefficient (Wildman–Crippen LogP) is -12.0. The number of hydrogen-bond acceptors (Lipinski definition) is 1. The minimum absolute atomic E-state index is 0. The van der Waals surface area contributed by atoms with Gasteiger partial charge in [-0.05, 0) is 0 Å². The minimum atomic E-state index is -4.64. The summed E-state index contributed by atoms with van der Waals surface area (Å²) in [7, 11) is -4.64. The Morgan fingerprint density at radius 1 is 0.900 bits per heavy atom. The molecule has 0 aromatic carbocycles. The number of halogens is 1. The molecule has 0 fully saturated rings. The maximum absolute atomic E-state index is 8.88. The summed E-state index contributed by atoms with van der Waals surface area (Å²) in [6.07, 6.45) is 0. The SMILES string of the molecule is Cl.O=P(O)(O)O.[H-].[H-].[H-].[H-].[Na+].[Na+].[Na+].[Na+]. The first-order chi connectivity index (χ1) is 2.00. The smallest absolute Gasteiger partial charge is 1.00 e. The van der Waals surface area contributed by atoms with E-state index >= 15 is 0 Å². The molecule has 48 valence electrons. The monoisotopic (exact) mass is 230 g/mol. The molecule has 0 aromatic rings. The summed E-state index contributed by atoms with van der Waals surface area (Å²) in [5, 5.41) is 0. The zero-order valence-corrected chi connectivity index (χ0v) is 16.3. The maximum atomic E-state index is 8.88. The van der Waals surface area contributed by atoms with Gasteiger partial charge in [0.2, 0.25) is 0 Å². The van der Waals surface area contributed by atoms with E-state index in [0.29, 0.717) is 0 Å². The summed E-state index contributed by atoms with van der Waals surface area (Å²) in [5.74, 6) is 0. The van der Waals surface area contributed by atoms with Gasteiger partial charge in [0.05, 0.1) is 0 Å². The van der Waals surface area contributed by atoms with Gasteiger partial charge in [0, 0.05) is 0 Å². The molecule has 10 heavy (non-hydrogen) atoms. The molecule has 0 bridgehead atoms. The third kappa shape index (κ3) is 83.2.